The molecule has 0 saturated carbocycles. The van der Waals surface area contributed by atoms with Gasteiger partial charge >= 0.3 is 6.03 Å². The molecule has 0 aromatic heterocycles. The van der Waals surface area contributed by atoms with Crippen LogP contribution in [0.4, 0.5) is 9.18 Å². The first kappa shape index (κ1) is 16.6. The van der Waals surface area contributed by atoms with Gasteiger partial charge in [-0.3, -0.25) is 4.90 Å². The minimum Gasteiger partial charge on any atom is -0.334 e. The highest BCUT2D eigenvalue weighted by Gasteiger charge is 2.26. The topological polar surface area (TPSA) is 35.6 Å². The van der Waals surface area contributed by atoms with E-state index in [1.165, 1.54) is 36.5 Å². The highest BCUT2D eigenvalue weighted by atomic mass is 32.2. The number of carbonyl (C=O) groups excluding carboxylic acids is 1. The van der Waals surface area contributed by atoms with Crippen LogP contribution in [0.1, 0.15) is 18.4 Å². The number of thioether (sulfide) groups is 1. The number of urea groups is 1. The first-order valence-electron chi connectivity index (χ1n) is 8.31. The number of carbonyl (C=O) groups is 1. The number of amides is 2. The van der Waals surface area contributed by atoms with Crippen LogP contribution in [-0.4, -0.2) is 59.6 Å². The maximum atomic E-state index is 13.1. The predicted molar refractivity (Wildman–Crippen MR) is 92.1 cm³/mol. The van der Waals surface area contributed by atoms with Gasteiger partial charge in [0, 0.05) is 38.8 Å². The van der Waals surface area contributed by atoms with E-state index in [0.717, 1.165) is 31.7 Å². The smallest absolute Gasteiger partial charge is 0.317 e. The largest absolute Gasteiger partial charge is 0.334 e. The molecule has 23 heavy (non-hydrogen) atoms. The minimum absolute atomic E-state index is 0.0480. The molecule has 2 saturated heterocycles. The zero-order valence-electron chi connectivity index (χ0n) is 13.3. The monoisotopic (exact) mass is 337 g/mol. The Balaban J connectivity index is 1.43. The fourth-order valence-corrected chi connectivity index (χ4v) is 4.36. The van der Waals surface area contributed by atoms with E-state index < -0.39 is 0 Å². The third kappa shape index (κ3) is 4.61. The van der Waals surface area contributed by atoms with Crippen molar-refractivity contribution in [2.75, 3.05) is 37.7 Å². The second-order valence-electron chi connectivity index (χ2n) is 6.16. The molecule has 0 aliphatic carbocycles. The second-order valence-corrected chi connectivity index (χ2v) is 7.38. The van der Waals surface area contributed by atoms with Gasteiger partial charge < -0.3 is 10.2 Å². The Morgan fingerprint density at radius 3 is 2.65 bits per heavy atom. The Morgan fingerprint density at radius 1 is 1.22 bits per heavy atom. The Bertz CT molecular complexity index is 528. The van der Waals surface area contributed by atoms with Gasteiger partial charge in [-0.2, -0.15) is 11.8 Å². The Kier molecular flexibility index (Phi) is 5.78. The lowest BCUT2D eigenvalue weighted by molar-refractivity contribution is 0.104. The molecule has 0 spiro atoms. The van der Waals surface area contributed by atoms with Crippen molar-refractivity contribution in [1.82, 2.24) is 15.1 Å². The van der Waals surface area contributed by atoms with Crippen molar-refractivity contribution in [2.24, 2.45) is 0 Å². The molecular weight excluding hydrogens is 313 g/mol. The van der Waals surface area contributed by atoms with E-state index in [1.807, 2.05) is 22.7 Å². The quantitative estimate of drug-likeness (QED) is 0.921. The number of hydrogen-bond donors (Lipinski definition) is 1. The van der Waals surface area contributed by atoms with Crippen LogP contribution in [-0.2, 0) is 6.54 Å². The number of hydrogen-bond acceptors (Lipinski definition) is 3. The van der Waals surface area contributed by atoms with Crippen molar-refractivity contribution in [3.8, 4) is 0 Å². The number of benzene rings is 1. The molecule has 6 heteroatoms. The predicted octanol–water partition coefficient (Wildman–Crippen LogP) is 2.55. The van der Waals surface area contributed by atoms with Gasteiger partial charge in [0.2, 0.25) is 0 Å². The molecule has 126 valence electrons. The maximum Gasteiger partial charge on any atom is 0.317 e. The standard InChI is InChI=1S/C17H24FN3OS/c18-15-3-1-2-14(12-15)13-19-17(22)21-8-6-20(7-9-21)16-4-10-23-11-5-16/h1-3,12,16H,4-11,13H2,(H,19,22). The summed E-state index contributed by atoms with van der Waals surface area (Å²) in [7, 11) is 0. The third-order valence-corrected chi connectivity index (χ3v) is 5.69. The molecule has 2 heterocycles. The molecule has 2 amide bonds. The number of rotatable bonds is 3. The molecule has 3 rings (SSSR count). The molecule has 1 aromatic carbocycles. The molecule has 0 bridgehead atoms. The average molecular weight is 337 g/mol. The van der Waals surface area contributed by atoms with E-state index in [2.05, 4.69) is 10.2 Å². The van der Waals surface area contributed by atoms with E-state index >= 15 is 0 Å². The molecule has 0 atom stereocenters. The SMILES string of the molecule is O=C(NCc1cccc(F)c1)N1CCN(C2CCSCC2)CC1. The van der Waals surface area contributed by atoms with Gasteiger partial charge in [0.1, 0.15) is 5.82 Å². The maximum absolute atomic E-state index is 13.1. The molecule has 2 aliphatic rings. The van der Waals surface area contributed by atoms with Crippen molar-refractivity contribution in [3.63, 3.8) is 0 Å². The van der Waals surface area contributed by atoms with Gasteiger partial charge in [-0.25, -0.2) is 9.18 Å². The molecule has 1 aromatic rings. The summed E-state index contributed by atoms with van der Waals surface area (Å²) in [5.41, 5.74) is 0.789. The van der Waals surface area contributed by atoms with Crippen LogP contribution in [0.5, 0.6) is 0 Å². The summed E-state index contributed by atoms with van der Waals surface area (Å²) >= 11 is 2.05. The molecule has 2 fully saturated rings. The van der Waals surface area contributed by atoms with Crippen molar-refractivity contribution >= 4 is 17.8 Å². The first-order valence-corrected chi connectivity index (χ1v) is 9.47. The zero-order chi connectivity index (χ0) is 16.1. The fraction of sp³-hybridized carbons (Fsp3) is 0.588. The van der Waals surface area contributed by atoms with Crippen molar-refractivity contribution in [2.45, 2.75) is 25.4 Å². The second kappa shape index (κ2) is 8.02. The zero-order valence-corrected chi connectivity index (χ0v) is 14.2. The van der Waals surface area contributed by atoms with Gasteiger partial charge in [0.15, 0.2) is 0 Å². The summed E-state index contributed by atoms with van der Waals surface area (Å²) in [6, 6.07) is 7.01. The van der Waals surface area contributed by atoms with E-state index in [-0.39, 0.29) is 11.8 Å². The fourth-order valence-electron chi connectivity index (χ4n) is 3.28. The summed E-state index contributed by atoms with van der Waals surface area (Å²) < 4.78 is 13.1. The molecule has 1 N–H and O–H groups in total. The number of nitrogens with one attached hydrogen (secondary N) is 1. The van der Waals surface area contributed by atoms with Crippen LogP contribution < -0.4 is 5.32 Å². The lowest BCUT2D eigenvalue weighted by Crippen LogP contribution is -2.54. The van der Waals surface area contributed by atoms with Crippen molar-refractivity contribution in [3.05, 3.63) is 35.6 Å². The lowest BCUT2D eigenvalue weighted by atomic mass is 10.1. The van der Waals surface area contributed by atoms with Gasteiger partial charge in [-0.1, -0.05) is 12.1 Å². The summed E-state index contributed by atoms with van der Waals surface area (Å²) in [5.74, 6) is 2.26. The van der Waals surface area contributed by atoms with Crippen LogP contribution >= 0.6 is 11.8 Å². The van der Waals surface area contributed by atoms with Gasteiger partial charge in [0.05, 0.1) is 0 Å². The molecular formula is C17H24FN3OS. The lowest BCUT2D eigenvalue weighted by Gasteiger charge is -2.40. The van der Waals surface area contributed by atoms with Crippen LogP contribution in [0.15, 0.2) is 24.3 Å². The summed E-state index contributed by atoms with van der Waals surface area (Å²) in [4.78, 5) is 16.6. The number of piperazine rings is 1. The molecule has 0 radical (unpaired) electrons. The van der Waals surface area contributed by atoms with E-state index in [4.69, 9.17) is 0 Å². The van der Waals surface area contributed by atoms with Crippen LogP contribution in [0.2, 0.25) is 0 Å². The van der Waals surface area contributed by atoms with E-state index in [1.54, 1.807) is 6.07 Å². The summed E-state index contributed by atoms with van der Waals surface area (Å²) in [5, 5.41) is 2.89. The van der Waals surface area contributed by atoms with Crippen LogP contribution in [0.3, 0.4) is 0 Å². The van der Waals surface area contributed by atoms with E-state index in [0.29, 0.717) is 12.6 Å². The van der Waals surface area contributed by atoms with Crippen molar-refractivity contribution < 1.29 is 9.18 Å². The van der Waals surface area contributed by atoms with Gasteiger partial charge in [-0.05, 0) is 42.0 Å². The molecule has 4 nitrogen and oxygen atoms in total. The highest BCUT2D eigenvalue weighted by molar-refractivity contribution is 7.99. The molecule has 2 aliphatic heterocycles. The Morgan fingerprint density at radius 2 is 1.96 bits per heavy atom. The minimum atomic E-state index is -0.268. The van der Waals surface area contributed by atoms with Crippen LogP contribution in [0.25, 0.3) is 0 Å². The summed E-state index contributed by atoms with van der Waals surface area (Å²) in [6.07, 6.45) is 2.55. The number of nitrogens with zero attached hydrogens (tertiary/aromatic N) is 2. The van der Waals surface area contributed by atoms with Gasteiger partial charge in [0.25, 0.3) is 0 Å². The first-order chi connectivity index (χ1) is 11.2. The molecule has 0 unspecified atom stereocenters. The van der Waals surface area contributed by atoms with Crippen molar-refractivity contribution in [1.29, 1.82) is 0 Å². The Labute approximate surface area is 141 Å². The Hall–Kier alpha value is -1.27. The average Bonchev–Trinajstić information content (AvgIpc) is 2.61. The summed E-state index contributed by atoms with van der Waals surface area (Å²) in [6.45, 7) is 3.85. The van der Waals surface area contributed by atoms with E-state index in [9.17, 15) is 9.18 Å². The van der Waals surface area contributed by atoms with Gasteiger partial charge in [-0.15, -0.1) is 0 Å². The number of halogens is 1. The third-order valence-electron chi connectivity index (χ3n) is 4.64. The van der Waals surface area contributed by atoms with Crippen LogP contribution in [0, 0.1) is 5.82 Å². The highest BCUT2D eigenvalue weighted by Crippen LogP contribution is 2.22. The normalized spacial score (nSPS) is 20.5.